The highest BCUT2D eigenvalue weighted by molar-refractivity contribution is 4.70. The molecule has 0 bridgehead atoms. The Kier molecular flexibility index (Phi) is 2.26. The van der Waals surface area contributed by atoms with Crippen LogP contribution in [-0.4, -0.2) is 5.54 Å². The maximum Gasteiger partial charge on any atom is 0.0262 e. The van der Waals surface area contributed by atoms with Crippen molar-refractivity contribution in [2.24, 2.45) is 5.84 Å². The molecule has 0 unspecified atom stereocenters. The largest absolute Gasteiger partial charge is 0.271 e. The summed E-state index contributed by atoms with van der Waals surface area (Å²) in [6, 6.07) is 0. The van der Waals surface area contributed by atoms with Gasteiger partial charge in [-0.15, -0.1) is 0 Å². The number of hydrazine groups is 1. The number of nitrogens with two attached hydrogens (primary N) is 1. The van der Waals surface area contributed by atoms with E-state index in [1.165, 1.54) is 0 Å². The Balaban J connectivity index is 3.36. The van der Waals surface area contributed by atoms with E-state index < -0.39 is 0 Å². The van der Waals surface area contributed by atoms with E-state index in [0.29, 0.717) is 0 Å². The molecule has 0 aromatic carbocycles. The third kappa shape index (κ3) is 2.60. The van der Waals surface area contributed by atoms with Crippen molar-refractivity contribution in [2.75, 3.05) is 0 Å². The zero-order valence-corrected chi connectivity index (χ0v) is 5.28. The number of hydrogen-bond donors (Lipinski definition) is 2. The molecule has 0 aliphatic rings. The first-order valence-electron chi connectivity index (χ1n) is 2.60. The van der Waals surface area contributed by atoms with E-state index in [2.05, 4.69) is 26.2 Å². The van der Waals surface area contributed by atoms with Crippen LogP contribution >= 0.6 is 0 Å². The Morgan fingerprint density at radius 1 is 1.57 bits per heavy atom. The van der Waals surface area contributed by atoms with Gasteiger partial charge in [0, 0.05) is 5.54 Å². The fourth-order valence-electron chi connectivity index (χ4n) is 0.102. The zero-order chi connectivity index (χ0) is 5.91. The molecule has 0 atom stereocenters. The summed E-state index contributed by atoms with van der Waals surface area (Å²) in [5.74, 6) is 5.17. The van der Waals surface area contributed by atoms with Crippen molar-refractivity contribution >= 4 is 0 Å². The molecule has 0 aliphatic heterocycles. The zero-order valence-electron chi connectivity index (χ0n) is 5.28. The molecule has 0 aromatic heterocycles. The van der Waals surface area contributed by atoms with E-state index in [9.17, 15) is 0 Å². The third-order valence-electron chi connectivity index (χ3n) is 1.27. The summed E-state index contributed by atoms with van der Waals surface area (Å²) in [6.45, 7) is 6.22. The maximum absolute atomic E-state index is 5.17. The monoisotopic (exact) mass is 102 g/mol. The predicted octanol–water partition coefficient (Wildman–Crippen LogP) is 0.638. The molecule has 0 spiro atoms. The van der Waals surface area contributed by atoms with Crippen LogP contribution in [0, 0.1) is 0 Å². The Morgan fingerprint density at radius 3 is 2.00 bits per heavy atom. The molecule has 0 amide bonds. The second kappa shape index (κ2) is 2.28. The fourth-order valence-corrected chi connectivity index (χ4v) is 0.102. The highest BCUT2D eigenvalue weighted by Gasteiger charge is 2.09. The molecular weight excluding hydrogens is 88.1 g/mol. The topological polar surface area (TPSA) is 38.0 Å². The van der Waals surface area contributed by atoms with Crippen LogP contribution in [0.2, 0.25) is 0 Å². The third-order valence-corrected chi connectivity index (χ3v) is 1.27. The SMILES string of the molecule is CCC(C)(C)NN. The van der Waals surface area contributed by atoms with Gasteiger partial charge in [-0.2, -0.15) is 0 Å². The molecule has 0 rings (SSSR count). The van der Waals surface area contributed by atoms with Gasteiger partial charge in [0.2, 0.25) is 0 Å². The minimum absolute atomic E-state index is 0.111. The van der Waals surface area contributed by atoms with Crippen LogP contribution in [0.5, 0.6) is 0 Å². The van der Waals surface area contributed by atoms with E-state index in [0.717, 1.165) is 6.42 Å². The molecule has 0 saturated carbocycles. The number of hydrogen-bond acceptors (Lipinski definition) is 2. The van der Waals surface area contributed by atoms with Gasteiger partial charge in [-0.1, -0.05) is 6.92 Å². The average Bonchev–Trinajstić information content (AvgIpc) is 1.68. The van der Waals surface area contributed by atoms with Gasteiger partial charge in [-0.3, -0.25) is 11.3 Å². The molecule has 0 heterocycles. The molecule has 0 aliphatic carbocycles. The standard InChI is InChI=1S/C5H14N2/c1-4-5(2,3)7-6/h7H,4,6H2,1-3H3. The lowest BCUT2D eigenvalue weighted by molar-refractivity contribution is 0.385. The van der Waals surface area contributed by atoms with Crippen molar-refractivity contribution in [1.82, 2.24) is 5.43 Å². The minimum Gasteiger partial charge on any atom is -0.271 e. The van der Waals surface area contributed by atoms with Gasteiger partial charge in [0.15, 0.2) is 0 Å². The Bertz CT molecular complexity index is 44.0. The summed E-state index contributed by atoms with van der Waals surface area (Å²) < 4.78 is 0. The van der Waals surface area contributed by atoms with Gasteiger partial charge in [0.1, 0.15) is 0 Å². The lowest BCUT2D eigenvalue weighted by Gasteiger charge is -2.20. The molecular formula is C5H14N2. The van der Waals surface area contributed by atoms with Gasteiger partial charge in [0.25, 0.3) is 0 Å². The molecule has 2 heteroatoms. The summed E-state index contributed by atoms with van der Waals surface area (Å²) >= 11 is 0. The minimum atomic E-state index is 0.111. The molecule has 0 fully saturated rings. The summed E-state index contributed by atoms with van der Waals surface area (Å²) in [7, 11) is 0. The average molecular weight is 102 g/mol. The first kappa shape index (κ1) is 6.92. The fraction of sp³-hybridized carbons (Fsp3) is 1.00. The first-order chi connectivity index (χ1) is 3.12. The lowest BCUT2D eigenvalue weighted by atomic mass is 10.0. The maximum atomic E-state index is 5.17. The second-order valence-corrected chi connectivity index (χ2v) is 2.38. The van der Waals surface area contributed by atoms with Crippen LogP contribution in [0.1, 0.15) is 27.2 Å². The number of rotatable bonds is 2. The van der Waals surface area contributed by atoms with E-state index in [1.807, 2.05) is 0 Å². The van der Waals surface area contributed by atoms with Gasteiger partial charge in [0.05, 0.1) is 0 Å². The first-order valence-corrected chi connectivity index (χ1v) is 2.60. The van der Waals surface area contributed by atoms with Crippen LogP contribution in [0.25, 0.3) is 0 Å². The normalized spacial score (nSPS) is 12.0. The molecule has 0 saturated heterocycles. The quantitative estimate of drug-likeness (QED) is 0.396. The summed E-state index contributed by atoms with van der Waals surface area (Å²) in [5.41, 5.74) is 2.80. The highest BCUT2D eigenvalue weighted by atomic mass is 15.3. The molecule has 2 nitrogen and oxygen atoms in total. The van der Waals surface area contributed by atoms with Crippen molar-refractivity contribution in [3.05, 3.63) is 0 Å². The lowest BCUT2D eigenvalue weighted by Crippen LogP contribution is -2.43. The smallest absolute Gasteiger partial charge is 0.0262 e. The van der Waals surface area contributed by atoms with E-state index >= 15 is 0 Å². The van der Waals surface area contributed by atoms with Gasteiger partial charge in [-0.05, 0) is 20.3 Å². The molecule has 0 aromatic rings. The summed E-state index contributed by atoms with van der Waals surface area (Å²) in [5, 5.41) is 0. The summed E-state index contributed by atoms with van der Waals surface area (Å²) in [6.07, 6.45) is 1.06. The molecule has 0 radical (unpaired) electrons. The molecule has 3 N–H and O–H groups in total. The van der Waals surface area contributed by atoms with E-state index in [-0.39, 0.29) is 5.54 Å². The van der Waals surface area contributed by atoms with Gasteiger partial charge in [-0.25, -0.2) is 0 Å². The Morgan fingerprint density at radius 2 is 2.00 bits per heavy atom. The van der Waals surface area contributed by atoms with Gasteiger partial charge < -0.3 is 0 Å². The van der Waals surface area contributed by atoms with Crippen LogP contribution < -0.4 is 11.3 Å². The van der Waals surface area contributed by atoms with Crippen molar-refractivity contribution in [3.8, 4) is 0 Å². The van der Waals surface area contributed by atoms with Crippen molar-refractivity contribution < 1.29 is 0 Å². The predicted molar refractivity (Wildman–Crippen MR) is 31.7 cm³/mol. The summed E-state index contributed by atoms with van der Waals surface area (Å²) in [4.78, 5) is 0. The molecule has 7 heavy (non-hydrogen) atoms. The molecule has 44 valence electrons. The van der Waals surface area contributed by atoms with Crippen LogP contribution in [-0.2, 0) is 0 Å². The Labute approximate surface area is 45.1 Å². The van der Waals surface area contributed by atoms with Crippen LogP contribution in [0.4, 0.5) is 0 Å². The number of nitrogens with one attached hydrogen (secondary N) is 1. The van der Waals surface area contributed by atoms with E-state index in [1.54, 1.807) is 0 Å². The van der Waals surface area contributed by atoms with Crippen molar-refractivity contribution in [2.45, 2.75) is 32.7 Å². The Hall–Kier alpha value is -0.0800. The van der Waals surface area contributed by atoms with Crippen molar-refractivity contribution in [3.63, 3.8) is 0 Å². The van der Waals surface area contributed by atoms with Gasteiger partial charge >= 0.3 is 0 Å². The van der Waals surface area contributed by atoms with Crippen molar-refractivity contribution in [1.29, 1.82) is 0 Å². The second-order valence-electron chi connectivity index (χ2n) is 2.38. The van der Waals surface area contributed by atoms with E-state index in [4.69, 9.17) is 5.84 Å². The van der Waals surface area contributed by atoms with Crippen LogP contribution in [0.15, 0.2) is 0 Å². The highest BCUT2D eigenvalue weighted by Crippen LogP contribution is 2.02. The van der Waals surface area contributed by atoms with Crippen LogP contribution in [0.3, 0.4) is 0 Å².